The Kier molecular flexibility index (Phi) is 6.08. The molecular formula is C22H22N2O3S2. The van der Waals surface area contributed by atoms with E-state index in [1.165, 1.54) is 0 Å². The Morgan fingerprint density at radius 2 is 1.90 bits per heavy atom. The van der Waals surface area contributed by atoms with Crippen molar-refractivity contribution in [1.82, 2.24) is 10.2 Å². The maximum absolute atomic E-state index is 13.4. The second-order valence-electron chi connectivity index (χ2n) is 6.81. The molecule has 7 heteroatoms. The van der Waals surface area contributed by atoms with Gasteiger partial charge in [0.25, 0.3) is 5.91 Å². The first-order chi connectivity index (χ1) is 14.2. The predicted octanol–water partition coefficient (Wildman–Crippen LogP) is 4.05. The van der Waals surface area contributed by atoms with Gasteiger partial charge in [-0.15, -0.1) is 22.7 Å². The number of carbonyl (C=O) groups excluding carboxylic acids is 2. The predicted molar refractivity (Wildman–Crippen MR) is 115 cm³/mol. The largest absolute Gasteiger partial charge is 0.383 e. The van der Waals surface area contributed by atoms with Crippen LogP contribution in [0.25, 0.3) is 0 Å². The number of amides is 2. The van der Waals surface area contributed by atoms with Crippen molar-refractivity contribution in [3.05, 3.63) is 80.2 Å². The molecule has 5 nitrogen and oxygen atoms in total. The van der Waals surface area contributed by atoms with Crippen LogP contribution in [0.15, 0.2) is 59.3 Å². The minimum atomic E-state index is -0.473. The second-order valence-corrected chi connectivity index (χ2v) is 8.83. The van der Waals surface area contributed by atoms with Crippen LogP contribution in [-0.4, -0.2) is 37.0 Å². The highest BCUT2D eigenvalue weighted by Gasteiger charge is 2.44. The summed E-state index contributed by atoms with van der Waals surface area (Å²) >= 11 is 3.18. The van der Waals surface area contributed by atoms with E-state index in [1.807, 2.05) is 59.3 Å². The molecule has 1 aliphatic heterocycles. The van der Waals surface area contributed by atoms with Crippen LogP contribution in [0, 0.1) is 0 Å². The van der Waals surface area contributed by atoms with Crippen molar-refractivity contribution < 1.29 is 14.3 Å². The monoisotopic (exact) mass is 426 g/mol. The molecule has 0 saturated heterocycles. The van der Waals surface area contributed by atoms with Crippen molar-refractivity contribution in [1.29, 1.82) is 0 Å². The number of rotatable bonds is 7. The molecule has 2 amide bonds. The van der Waals surface area contributed by atoms with Crippen LogP contribution in [0.2, 0.25) is 0 Å². The van der Waals surface area contributed by atoms with Crippen molar-refractivity contribution in [3.8, 4) is 0 Å². The van der Waals surface area contributed by atoms with E-state index in [1.54, 1.807) is 34.7 Å². The van der Waals surface area contributed by atoms with Crippen LogP contribution in [-0.2, 0) is 16.1 Å². The number of ether oxygens (including phenoxy) is 1. The van der Waals surface area contributed by atoms with Gasteiger partial charge in [-0.1, -0.05) is 30.3 Å². The van der Waals surface area contributed by atoms with Crippen molar-refractivity contribution >= 4 is 34.5 Å². The van der Waals surface area contributed by atoms with Gasteiger partial charge in [0.15, 0.2) is 0 Å². The van der Waals surface area contributed by atoms with E-state index in [-0.39, 0.29) is 17.9 Å². The van der Waals surface area contributed by atoms with Gasteiger partial charge < -0.3 is 15.0 Å². The summed E-state index contributed by atoms with van der Waals surface area (Å²) in [6.07, 6.45) is 0. The molecule has 0 fully saturated rings. The van der Waals surface area contributed by atoms with Crippen molar-refractivity contribution in [2.24, 2.45) is 0 Å². The molecule has 2 aromatic heterocycles. The number of thiophene rings is 2. The fraction of sp³-hybridized carbons (Fsp3) is 0.273. The summed E-state index contributed by atoms with van der Waals surface area (Å²) in [5.74, 6) is -0.600. The molecule has 4 rings (SSSR count). The van der Waals surface area contributed by atoms with Crippen molar-refractivity contribution in [2.75, 3.05) is 20.3 Å². The molecule has 29 heavy (non-hydrogen) atoms. The molecule has 1 aromatic carbocycles. The summed E-state index contributed by atoms with van der Waals surface area (Å²) in [4.78, 5) is 30.6. The minimum absolute atomic E-state index is 0.0571. The van der Waals surface area contributed by atoms with E-state index in [0.29, 0.717) is 25.3 Å². The van der Waals surface area contributed by atoms with Crippen molar-refractivity contribution in [2.45, 2.75) is 18.5 Å². The quantitative estimate of drug-likeness (QED) is 0.620. The van der Waals surface area contributed by atoms with Crippen LogP contribution in [0.1, 0.15) is 37.6 Å². The smallest absolute Gasteiger partial charge is 0.254 e. The zero-order valence-electron chi connectivity index (χ0n) is 16.0. The van der Waals surface area contributed by atoms with Crippen LogP contribution in [0.4, 0.5) is 0 Å². The molecule has 3 heterocycles. The van der Waals surface area contributed by atoms with Crippen LogP contribution < -0.4 is 5.32 Å². The lowest BCUT2D eigenvalue weighted by Gasteiger charge is -2.41. The number of fused-ring (bicyclic) bond motifs is 1. The fourth-order valence-electron chi connectivity index (χ4n) is 3.78. The normalized spacial score (nSPS) is 18.5. The standard InChI is InChI=1S/C22H22N2O3S2/c1-27-11-10-24-20(18-9-5-13-29-18)19(16-7-2-3-8-17(16)22(24)26)21(25)23-14-15-6-4-12-28-15/h2-9,12-13,19-20H,10-11,14H2,1H3,(H,23,25)/t19-,20+/m1/s1. The van der Waals surface area contributed by atoms with Gasteiger partial charge in [-0.25, -0.2) is 0 Å². The highest BCUT2D eigenvalue weighted by Crippen LogP contribution is 2.44. The minimum Gasteiger partial charge on any atom is -0.383 e. The number of hydrogen-bond donors (Lipinski definition) is 1. The lowest BCUT2D eigenvalue weighted by Crippen LogP contribution is -2.48. The average Bonchev–Trinajstić information content (AvgIpc) is 3.45. The van der Waals surface area contributed by atoms with E-state index < -0.39 is 5.92 Å². The lowest BCUT2D eigenvalue weighted by molar-refractivity contribution is -0.124. The summed E-state index contributed by atoms with van der Waals surface area (Å²) in [6, 6.07) is 15.0. The van der Waals surface area contributed by atoms with Gasteiger partial charge in [0, 0.05) is 29.0 Å². The van der Waals surface area contributed by atoms with Gasteiger partial charge >= 0.3 is 0 Å². The average molecular weight is 427 g/mol. The molecule has 0 saturated carbocycles. The summed E-state index contributed by atoms with van der Waals surface area (Å²) in [5.41, 5.74) is 1.38. The SMILES string of the molecule is COCCN1C(=O)c2ccccc2[C@@H](C(=O)NCc2cccs2)[C@@H]1c1cccs1. The molecular weight excluding hydrogens is 404 g/mol. The maximum atomic E-state index is 13.4. The number of methoxy groups -OCH3 is 1. The third-order valence-electron chi connectivity index (χ3n) is 5.11. The Bertz CT molecular complexity index is 970. The van der Waals surface area contributed by atoms with Gasteiger partial charge in [0.2, 0.25) is 5.91 Å². The van der Waals surface area contributed by atoms with Gasteiger partial charge in [-0.3, -0.25) is 9.59 Å². The summed E-state index contributed by atoms with van der Waals surface area (Å²) in [7, 11) is 1.62. The Hall–Kier alpha value is -2.48. The van der Waals surface area contributed by atoms with Gasteiger partial charge in [-0.2, -0.15) is 0 Å². The van der Waals surface area contributed by atoms with Gasteiger partial charge in [0.05, 0.1) is 25.1 Å². The van der Waals surface area contributed by atoms with E-state index in [2.05, 4.69) is 5.32 Å². The van der Waals surface area contributed by atoms with E-state index in [9.17, 15) is 9.59 Å². The molecule has 0 spiro atoms. The molecule has 0 radical (unpaired) electrons. The first-order valence-electron chi connectivity index (χ1n) is 9.43. The highest BCUT2D eigenvalue weighted by atomic mass is 32.1. The zero-order chi connectivity index (χ0) is 20.2. The summed E-state index contributed by atoms with van der Waals surface area (Å²) < 4.78 is 5.25. The molecule has 3 aromatic rings. The number of nitrogens with zero attached hydrogens (tertiary/aromatic N) is 1. The fourth-order valence-corrected chi connectivity index (χ4v) is 5.30. The Morgan fingerprint density at radius 3 is 2.62 bits per heavy atom. The van der Waals surface area contributed by atoms with Crippen LogP contribution >= 0.6 is 22.7 Å². The third kappa shape index (κ3) is 3.99. The van der Waals surface area contributed by atoms with E-state index >= 15 is 0 Å². The number of benzene rings is 1. The molecule has 0 aliphatic carbocycles. The molecule has 0 bridgehead atoms. The number of carbonyl (C=O) groups is 2. The van der Waals surface area contributed by atoms with Crippen LogP contribution in [0.3, 0.4) is 0 Å². The lowest BCUT2D eigenvalue weighted by atomic mass is 9.81. The summed E-state index contributed by atoms with van der Waals surface area (Å²) in [6.45, 7) is 1.33. The maximum Gasteiger partial charge on any atom is 0.254 e. The Labute approximate surface area is 177 Å². The first kappa shape index (κ1) is 19.8. The third-order valence-corrected chi connectivity index (χ3v) is 6.93. The molecule has 0 unspecified atom stereocenters. The molecule has 2 atom stereocenters. The Morgan fingerprint density at radius 1 is 1.10 bits per heavy atom. The van der Waals surface area contributed by atoms with Gasteiger partial charge in [0.1, 0.15) is 0 Å². The highest BCUT2D eigenvalue weighted by molar-refractivity contribution is 7.10. The first-order valence-corrected chi connectivity index (χ1v) is 11.2. The van der Waals surface area contributed by atoms with Crippen molar-refractivity contribution in [3.63, 3.8) is 0 Å². The number of hydrogen-bond acceptors (Lipinski definition) is 5. The molecule has 1 N–H and O–H groups in total. The molecule has 150 valence electrons. The number of nitrogens with one attached hydrogen (secondary N) is 1. The van der Waals surface area contributed by atoms with E-state index in [0.717, 1.165) is 15.3 Å². The summed E-state index contributed by atoms with van der Waals surface area (Å²) in [5, 5.41) is 7.06. The van der Waals surface area contributed by atoms with Gasteiger partial charge in [-0.05, 0) is 34.5 Å². The molecule has 1 aliphatic rings. The van der Waals surface area contributed by atoms with Crippen LogP contribution in [0.5, 0.6) is 0 Å². The second kappa shape index (κ2) is 8.90. The Balaban J connectivity index is 1.74. The topological polar surface area (TPSA) is 58.6 Å². The van der Waals surface area contributed by atoms with E-state index in [4.69, 9.17) is 4.74 Å². The zero-order valence-corrected chi connectivity index (χ0v) is 17.7.